The molecule has 0 aromatic carbocycles. The number of carbonyl (C=O) groups is 2. The van der Waals surface area contributed by atoms with Crippen LogP contribution in [0.2, 0.25) is 0 Å². The van der Waals surface area contributed by atoms with Crippen LogP contribution < -0.4 is 0 Å². The summed E-state index contributed by atoms with van der Waals surface area (Å²) in [7, 11) is 1.80. The molecule has 0 N–H and O–H groups in total. The zero-order valence-electron chi connectivity index (χ0n) is 7.50. The highest BCUT2D eigenvalue weighted by molar-refractivity contribution is 6.24. The molecule has 2 rings (SSSR count). The van der Waals surface area contributed by atoms with Crippen molar-refractivity contribution >= 4 is 11.6 Å². The van der Waals surface area contributed by atoms with Gasteiger partial charge in [0.25, 0.3) is 0 Å². The SMILES string of the molecule is CC1=CC(=O)c2cn(C)cc2C1=O. The maximum absolute atomic E-state index is 11.5. The second-order valence-electron chi connectivity index (χ2n) is 3.27. The van der Waals surface area contributed by atoms with Crippen molar-refractivity contribution in [1.82, 2.24) is 4.57 Å². The minimum absolute atomic E-state index is 0.0461. The van der Waals surface area contributed by atoms with Crippen molar-refractivity contribution in [1.29, 1.82) is 0 Å². The molecule has 3 heteroatoms. The van der Waals surface area contributed by atoms with E-state index in [0.717, 1.165) is 0 Å². The molecule has 0 fully saturated rings. The lowest BCUT2D eigenvalue weighted by Crippen LogP contribution is -2.12. The number of carbonyl (C=O) groups excluding carboxylic acids is 2. The number of nitrogens with zero attached hydrogens (tertiary/aromatic N) is 1. The molecule has 0 spiro atoms. The molecule has 1 aromatic rings. The fourth-order valence-electron chi connectivity index (χ4n) is 1.51. The third kappa shape index (κ3) is 1.04. The quantitative estimate of drug-likeness (QED) is 0.597. The topological polar surface area (TPSA) is 39.1 Å². The maximum atomic E-state index is 11.5. The van der Waals surface area contributed by atoms with Crippen LogP contribution in [0.4, 0.5) is 0 Å². The summed E-state index contributed by atoms with van der Waals surface area (Å²) in [5.74, 6) is -0.122. The predicted octanol–water partition coefficient (Wildman–Crippen LogP) is 1.35. The zero-order chi connectivity index (χ0) is 9.59. The van der Waals surface area contributed by atoms with Gasteiger partial charge < -0.3 is 4.57 Å². The van der Waals surface area contributed by atoms with Crippen LogP contribution in [0.3, 0.4) is 0 Å². The highest BCUT2D eigenvalue weighted by Crippen LogP contribution is 2.21. The molecule has 0 atom stereocenters. The lowest BCUT2D eigenvalue weighted by atomic mass is 9.94. The molecule has 0 unspecified atom stereocenters. The number of Topliss-reactive ketones (excluding diaryl/α,β-unsaturated/α-hetero) is 1. The maximum Gasteiger partial charge on any atom is 0.191 e. The average molecular weight is 175 g/mol. The summed E-state index contributed by atoms with van der Waals surface area (Å²) < 4.78 is 1.73. The number of hydrogen-bond acceptors (Lipinski definition) is 2. The van der Waals surface area contributed by atoms with E-state index in [1.807, 2.05) is 0 Å². The summed E-state index contributed by atoms with van der Waals surface area (Å²) in [4.78, 5) is 23.0. The van der Waals surface area contributed by atoms with Gasteiger partial charge in [-0.25, -0.2) is 0 Å². The minimum Gasteiger partial charge on any atom is -0.356 e. The van der Waals surface area contributed by atoms with Crippen LogP contribution in [-0.2, 0) is 7.05 Å². The van der Waals surface area contributed by atoms with Gasteiger partial charge in [-0.1, -0.05) is 0 Å². The molecule has 1 aliphatic rings. The van der Waals surface area contributed by atoms with Gasteiger partial charge in [-0.2, -0.15) is 0 Å². The summed E-state index contributed by atoms with van der Waals surface area (Å²) in [5, 5.41) is 0. The molecule has 0 aliphatic heterocycles. The van der Waals surface area contributed by atoms with Crippen molar-refractivity contribution in [2.75, 3.05) is 0 Å². The number of aryl methyl sites for hydroxylation is 1. The van der Waals surface area contributed by atoms with Gasteiger partial charge in [-0.3, -0.25) is 9.59 Å². The average Bonchev–Trinajstić information content (AvgIpc) is 2.44. The number of rotatable bonds is 0. The normalized spacial score (nSPS) is 15.7. The minimum atomic E-state index is -0.0762. The predicted molar refractivity (Wildman–Crippen MR) is 47.8 cm³/mol. The summed E-state index contributed by atoms with van der Waals surface area (Å²) in [6.45, 7) is 1.66. The molecule has 1 heterocycles. The molecule has 0 radical (unpaired) electrons. The highest BCUT2D eigenvalue weighted by atomic mass is 16.1. The molecule has 0 saturated heterocycles. The van der Waals surface area contributed by atoms with E-state index in [1.54, 1.807) is 30.9 Å². The van der Waals surface area contributed by atoms with Crippen LogP contribution in [0.15, 0.2) is 24.0 Å². The Bertz CT molecular complexity index is 438. The molecule has 1 aliphatic carbocycles. The molecule has 0 amide bonds. The first kappa shape index (κ1) is 7.98. The fraction of sp³-hybridized carbons (Fsp3) is 0.200. The van der Waals surface area contributed by atoms with Crippen LogP contribution in [0.5, 0.6) is 0 Å². The molecule has 1 aromatic heterocycles. The van der Waals surface area contributed by atoms with Gasteiger partial charge >= 0.3 is 0 Å². The van der Waals surface area contributed by atoms with Crippen LogP contribution >= 0.6 is 0 Å². The van der Waals surface area contributed by atoms with Crippen LogP contribution in [0.1, 0.15) is 27.6 Å². The van der Waals surface area contributed by atoms with Gasteiger partial charge in [0.05, 0.1) is 11.1 Å². The number of allylic oxidation sites excluding steroid dienone is 2. The summed E-state index contributed by atoms with van der Waals surface area (Å²) in [6.07, 6.45) is 4.76. The molecule has 13 heavy (non-hydrogen) atoms. The third-order valence-electron chi connectivity index (χ3n) is 2.17. The zero-order valence-corrected chi connectivity index (χ0v) is 7.50. The largest absolute Gasteiger partial charge is 0.356 e. The molecule has 3 nitrogen and oxygen atoms in total. The lowest BCUT2D eigenvalue weighted by molar-refractivity contribution is 0.0985. The first-order valence-electron chi connectivity index (χ1n) is 4.03. The van der Waals surface area contributed by atoms with Crippen LogP contribution in [-0.4, -0.2) is 16.1 Å². The number of hydrogen-bond donors (Lipinski definition) is 0. The van der Waals surface area contributed by atoms with Crippen LogP contribution in [0, 0.1) is 0 Å². The van der Waals surface area contributed by atoms with E-state index in [-0.39, 0.29) is 11.6 Å². The Kier molecular flexibility index (Phi) is 1.49. The Balaban J connectivity index is 2.67. The van der Waals surface area contributed by atoms with E-state index in [2.05, 4.69) is 0 Å². The van der Waals surface area contributed by atoms with Crippen molar-refractivity contribution in [2.45, 2.75) is 6.92 Å². The first-order chi connectivity index (χ1) is 6.09. The second kappa shape index (κ2) is 2.42. The molecule has 0 bridgehead atoms. The Morgan fingerprint density at radius 1 is 1.15 bits per heavy atom. The van der Waals surface area contributed by atoms with E-state index in [9.17, 15) is 9.59 Å². The standard InChI is InChI=1S/C10H9NO2/c1-6-3-9(12)7-4-11(2)5-8(7)10(6)13/h3-5H,1-2H3. The van der Waals surface area contributed by atoms with Gasteiger partial charge in [0.1, 0.15) is 0 Å². The monoisotopic (exact) mass is 175 g/mol. The first-order valence-corrected chi connectivity index (χ1v) is 4.03. The lowest BCUT2D eigenvalue weighted by Gasteiger charge is -2.06. The van der Waals surface area contributed by atoms with Gasteiger partial charge in [0, 0.05) is 25.0 Å². The number of aromatic nitrogens is 1. The molecule has 0 saturated carbocycles. The Morgan fingerprint density at radius 2 is 1.77 bits per heavy atom. The smallest absolute Gasteiger partial charge is 0.191 e. The van der Waals surface area contributed by atoms with Gasteiger partial charge in [0.2, 0.25) is 0 Å². The van der Waals surface area contributed by atoms with Crippen molar-refractivity contribution in [3.8, 4) is 0 Å². The second-order valence-corrected chi connectivity index (χ2v) is 3.27. The third-order valence-corrected chi connectivity index (χ3v) is 2.17. The fourth-order valence-corrected chi connectivity index (χ4v) is 1.51. The molecular weight excluding hydrogens is 166 g/mol. The van der Waals surface area contributed by atoms with Gasteiger partial charge in [-0.15, -0.1) is 0 Å². The van der Waals surface area contributed by atoms with Crippen molar-refractivity contribution < 1.29 is 9.59 Å². The van der Waals surface area contributed by atoms with Crippen molar-refractivity contribution in [3.63, 3.8) is 0 Å². The van der Waals surface area contributed by atoms with Crippen molar-refractivity contribution in [3.05, 3.63) is 35.2 Å². The number of ketones is 2. The van der Waals surface area contributed by atoms with Gasteiger partial charge in [0.15, 0.2) is 11.6 Å². The van der Waals surface area contributed by atoms with Gasteiger partial charge in [-0.05, 0) is 13.0 Å². The number of fused-ring (bicyclic) bond motifs is 1. The Labute approximate surface area is 75.7 Å². The van der Waals surface area contributed by atoms with Crippen molar-refractivity contribution in [2.24, 2.45) is 7.05 Å². The summed E-state index contributed by atoms with van der Waals surface area (Å²) >= 11 is 0. The Hall–Kier alpha value is -1.64. The van der Waals surface area contributed by atoms with E-state index < -0.39 is 0 Å². The molecular formula is C10H9NO2. The molecule has 66 valence electrons. The van der Waals surface area contributed by atoms with E-state index >= 15 is 0 Å². The summed E-state index contributed by atoms with van der Waals surface area (Å²) in [6, 6.07) is 0. The van der Waals surface area contributed by atoms with Crippen LogP contribution in [0.25, 0.3) is 0 Å². The Morgan fingerprint density at radius 3 is 2.46 bits per heavy atom. The van der Waals surface area contributed by atoms with E-state index in [1.165, 1.54) is 6.08 Å². The summed E-state index contributed by atoms with van der Waals surface area (Å²) in [5.41, 5.74) is 1.55. The highest BCUT2D eigenvalue weighted by Gasteiger charge is 2.24. The van der Waals surface area contributed by atoms with E-state index in [4.69, 9.17) is 0 Å². The van der Waals surface area contributed by atoms with E-state index in [0.29, 0.717) is 16.7 Å².